The summed E-state index contributed by atoms with van der Waals surface area (Å²) in [4.78, 5) is 14.7. The predicted molar refractivity (Wildman–Crippen MR) is 90.4 cm³/mol. The lowest BCUT2D eigenvalue weighted by molar-refractivity contribution is 0.0976. The number of likely N-dealkylation sites (tertiary alicyclic amines) is 1. The highest BCUT2D eigenvalue weighted by atomic mass is 35.5. The molecule has 0 unspecified atom stereocenters. The Kier molecular flexibility index (Phi) is 5.77. The largest absolute Gasteiger partial charge is 0.303 e. The zero-order valence-corrected chi connectivity index (χ0v) is 13.1. The van der Waals surface area contributed by atoms with E-state index in [9.17, 15) is 4.79 Å². The van der Waals surface area contributed by atoms with E-state index < -0.39 is 0 Å². The van der Waals surface area contributed by atoms with Gasteiger partial charge in [0.2, 0.25) is 0 Å². The summed E-state index contributed by atoms with van der Waals surface area (Å²) in [5.74, 6) is 0.273. The average molecular weight is 304 g/mol. The molecular weight excluding hydrogens is 282 g/mol. The molecular formula is C18H22ClNO. The first-order valence-corrected chi connectivity index (χ1v) is 7.57. The number of Topliss-reactive ketones (excluding diaryl/α,β-unsaturated/α-hetero) is 1. The van der Waals surface area contributed by atoms with Crippen LogP contribution in [-0.4, -0.2) is 30.3 Å². The van der Waals surface area contributed by atoms with Crippen LogP contribution < -0.4 is 0 Å². The van der Waals surface area contributed by atoms with Crippen molar-refractivity contribution in [3.05, 3.63) is 48.0 Å². The van der Waals surface area contributed by atoms with E-state index in [1.54, 1.807) is 0 Å². The van der Waals surface area contributed by atoms with E-state index in [2.05, 4.69) is 17.0 Å². The van der Waals surface area contributed by atoms with Crippen molar-refractivity contribution in [1.29, 1.82) is 0 Å². The van der Waals surface area contributed by atoms with Gasteiger partial charge in [0, 0.05) is 12.0 Å². The minimum absolute atomic E-state index is 0. The predicted octanol–water partition coefficient (Wildman–Crippen LogP) is 4.32. The Bertz CT molecular complexity index is 605. The van der Waals surface area contributed by atoms with Crippen molar-refractivity contribution in [3.8, 4) is 0 Å². The van der Waals surface area contributed by atoms with Crippen molar-refractivity contribution in [2.45, 2.75) is 25.7 Å². The fourth-order valence-electron chi connectivity index (χ4n) is 2.98. The van der Waals surface area contributed by atoms with Crippen molar-refractivity contribution < 1.29 is 4.79 Å². The second kappa shape index (κ2) is 7.58. The molecule has 21 heavy (non-hydrogen) atoms. The van der Waals surface area contributed by atoms with Crippen LogP contribution in [0.2, 0.25) is 0 Å². The van der Waals surface area contributed by atoms with Crippen molar-refractivity contribution in [1.82, 2.24) is 4.90 Å². The summed E-state index contributed by atoms with van der Waals surface area (Å²) in [5.41, 5.74) is 0.852. The molecule has 0 bridgehead atoms. The maximum atomic E-state index is 12.2. The van der Waals surface area contributed by atoms with Crippen LogP contribution in [-0.2, 0) is 0 Å². The van der Waals surface area contributed by atoms with Gasteiger partial charge in [0.25, 0.3) is 0 Å². The Morgan fingerprint density at radius 2 is 1.71 bits per heavy atom. The molecule has 1 aliphatic heterocycles. The molecule has 0 N–H and O–H groups in total. The number of nitrogens with zero attached hydrogens (tertiary/aromatic N) is 1. The van der Waals surface area contributed by atoms with E-state index in [4.69, 9.17) is 0 Å². The van der Waals surface area contributed by atoms with E-state index in [0.717, 1.165) is 23.9 Å². The maximum Gasteiger partial charge on any atom is 0.162 e. The molecule has 0 spiro atoms. The highest BCUT2D eigenvalue weighted by Crippen LogP contribution is 2.17. The first-order chi connectivity index (χ1) is 9.83. The molecule has 0 aromatic heterocycles. The van der Waals surface area contributed by atoms with Gasteiger partial charge in [0.05, 0.1) is 0 Å². The number of rotatable bonds is 5. The number of ketones is 1. The summed E-state index contributed by atoms with van der Waals surface area (Å²) in [6, 6.07) is 14.2. The highest BCUT2D eigenvalue weighted by Gasteiger charge is 2.12. The standard InChI is InChI=1S/C18H21NO.ClH/c20-18(8-5-13-19-11-3-4-12-19)17-10-9-15-6-1-2-7-16(15)14-17;/h1-2,6-7,9-10,14H,3-5,8,11-13H2;1H. The number of carbonyl (C=O) groups is 1. The Labute approximate surface area is 132 Å². The van der Waals surface area contributed by atoms with Gasteiger partial charge >= 0.3 is 0 Å². The van der Waals surface area contributed by atoms with Crippen LogP contribution in [0.5, 0.6) is 0 Å². The van der Waals surface area contributed by atoms with Gasteiger partial charge in [-0.25, -0.2) is 0 Å². The topological polar surface area (TPSA) is 20.3 Å². The summed E-state index contributed by atoms with van der Waals surface area (Å²) in [6.07, 6.45) is 4.28. The SMILES string of the molecule is Cl.O=C(CCCN1CCCC1)c1ccc2ccccc2c1. The molecule has 112 valence electrons. The van der Waals surface area contributed by atoms with Crippen molar-refractivity contribution >= 4 is 29.0 Å². The van der Waals surface area contributed by atoms with Gasteiger partial charge in [-0.15, -0.1) is 12.4 Å². The molecule has 0 saturated carbocycles. The highest BCUT2D eigenvalue weighted by molar-refractivity contribution is 5.99. The molecule has 1 heterocycles. The molecule has 0 radical (unpaired) electrons. The first kappa shape index (κ1) is 16.0. The smallest absolute Gasteiger partial charge is 0.162 e. The summed E-state index contributed by atoms with van der Waals surface area (Å²) in [6.45, 7) is 3.49. The van der Waals surface area contributed by atoms with Crippen molar-refractivity contribution in [2.24, 2.45) is 0 Å². The molecule has 0 aliphatic carbocycles. The summed E-state index contributed by atoms with van der Waals surface area (Å²) in [5, 5.41) is 2.35. The molecule has 2 nitrogen and oxygen atoms in total. The summed E-state index contributed by atoms with van der Waals surface area (Å²) >= 11 is 0. The summed E-state index contributed by atoms with van der Waals surface area (Å²) in [7, 11) is 0. The fraction of sp³-hybridized carbons (Fsp3) is 0.389. The van der Waals surface area contributed by atoms with Crippen molar-refractivity contribution in [2.75, 3.05) is 19.6 Å². The van der Waals surface area contributed by atoms with Crippen LogP contribution in [0.15, 0.2) is 42.5 Å². The fourth-order valence-corrected chi connectivity index (χ4v) is 2.98. The lowest BCUT2D eigenvalue weighted by Crippen LogP contribution is -2.21. The van der Waals surface area contributed by atoms with Gasteiger partial charge in [-0.1, -0.05) is 36.4 Å². The quantitative estimate of drug-likeness (QED) is 0.767. The normalized spacial score (nSPS) is 15.0. The Morgan fingerprint density at radius 3 is 2.48 bits per heavy atom. The summed E-state index contributed by atoms with van der Waals surface area (Å²) < 4.78 is 0. The van der Waals surface area contributed by atoms with Gasteiger partial charge < -0.3 is 4.90 Å². The number of benzene rings is 2. The van der Waals surface area contributed by atoms with E-state index in [1.807, 2.05) is 30.3 Å². The van der Waals surface area contributed by atoms with Crippen LogP contribution in [0.3, 0.4) is 0 Å². The van der Waals surface area contributed by atoms with E-state index in [1.165, 1.54) is 31.3 Å². The van der Waals surface area contributed by atoms with Crippen LogP contribution >= 0.6 is 12.4 Å². The molecule has 1 aliphatic rings. The van der Waals surface area contributed by atoms with Crippen molar-refractivity contribution in [3.63, 3.8) is 0 Å². The van der Waals surface area contributed by atoms with Gasteiger partial charge in [0.1, 0.15) is 0 Å². The number of fused-ring (bicyclic) bond motifs is 1. The Hall–Kier alpha value is -1.38. The molecule has 0 amide bonds. The van der Waals surface area contributed by atoms with Crippen LogP contribution in [0.25, 0.3) is 10.8 Å². The molecule has 2 aromatic rings. The molecule has 3 rings (SSSR count). The lowest BCUT2D eigenvalue weighted by Gasteiger charge is -2.13. The monoisotopic (exact) mass is 303 g/mol. The number of carbonyl (C=O) groups excluding carboxylic acids is 1. The Balaban J connectivity index is 0.00000161. The number of hydrogen-bond donors (Lipinski definition) is 0. The zero-order chi connectivity index (χ0) is 13.8. The maximum absolute atomic E-state index is 12.2. The third-order valence-electron chi connectivity index (χ3n) is 4.15. The second-order valence-corrected chi connectivity index (χ2v) is 5.64. The third-order valence-corrected chi connectivity index (χ3v) is 4.15. The number of hydrogen-bond acceptors (Lipinski definition) is 2. The molecule has 1 saturated heterocycles. The molecule has 1 fully saturated rings. The van der Waals surface area contributed by atoms with Crippen LogP contribution in [0, 0.1) is 0 Å². The van der Waals surface area contributed by atoms with E-state index >= 15 is 0 Å². The second-order valence-electron chi connectivity index (χ2n) is 5.64. The minimum atomic E-state index is 0. The van der Waals surface area contributed by atoms with Gasteiger partial charge in [-0.3, -0.25) is 4.79 Å². The first-order valence-electron chi connectivity index (χ1n) is 7.57. The van der Waals surface area contributed by atoms with Gasteiger partial charge in [0.15, 0.2) is 5.78 Å². The van der Waals surface area contributed by atoms with Crippen LogP contribution in [0.1, 0.15) is 36.0 Å². The zero-order valence-electron chi connectivity index (χ0n) is 12.3. The third kappa shape index (κ3) is 4.05. The van der Waals surface area contributed by atoms with E-state index in [0.29, 0.717) is 6.42 Å². The Morgan fingerprint density at radius 1 is 1.00 bits per heavy atom. The lowest BCUT2D eigenvalue weighted by atomic mass is 10.0. The number of halogens is 1. The van der Waals surface area contributed by atoms with Gasteiger partial charge in [-0.2, -0.15) is 0 Å². The molecule has 2 aromatic carbocycles. The van der Waals surface area contributed by atoms with Gasteiger partial charge in [-0.05, 0) is 55.7 Å². The average Bonchev–Trinajstić information content (AvgIpc) is 3.00. The molecule has 3 heteroatoms. The van der Waals surface area contributed by atoms with Crippen LogP contribution in [0.4, 0.5) is 0 Å². The van der Waals surface area contributed by atoms with E-state index in [-0.39, 0.29) is 18.2 Å². The molecule has 0 atom stereocenters. The minimum Gasteiger partial charge on any atom is -0.303 e.